The van der Waals surface area contributed by atoms with Crippen molar-refractivity contribution in [1.29, 1.82) is 0 Å². The summed E-state index contributed by atoms with van der Waals surface area (Å²) in [6.45, 7) is 0.875. The molecule has 0 aromatic heterocycles. The Kier molecular flexibility index (Phi) is 4.08. The third kappa shape index (κ3) is 2.69. The van der Waals surface area contributed by atoms with Gasteiger partial charge in [-0.3, -0.25) is 0 Å². The Hall–Kier alpha value is -0.730. The molecule has 1 aliphatic heterocycles. The number of ether oxygens (including phenoxy) is 2. The maximum absolute atomic E-state index is 6.41. The zero-order valence-electron chi connectivity index (χ0n) is 9.49. The van der Waals surface area contributed by atoms with Crippen molar-refractivity contribution >= 4 is 11.6 Å². The summed E-state index contributed by atoms with van der Waals surface area (Å²) < 4.78 is 10.9. The molecule has 0 aliphatic carbocycles. The van der Waals surface area contributed by atoms with Gasteiger partial charge in [0.05, 0.1) is 18.6 Å². The minimum Gasteiger partial charge on any atom is -0.496 e. The summed E-state index contributed by atoms with van der Waals surface area (Å²) in [5, 5.41) is -0.0285. The van der Waals surface area contributed by atoms with Crippen LogP contribution >= 0.6 is 11.6 Å². The zero-order valence-corrected chi connectivity index (χ0v) is 10.2. The normalized spacial score (nSPS) is 22.0. The van der Waals surface area contributed by atoms with Crippen molar-refractivity contribution in [3.8, 4) is 5.75 Å². The van der Waals surface area contributed by atoms with E-state index in [1.54, 1.807) is 7.11 Å². The number of hydrogen-bond acceptors (Lipinski definition) is 2. The van der Waals surface area contributed by atoms with Crippen LogP contribution in [-0.2, 0) is 4.74 Å². The highest BCUT2D eigenvalue weighted by Crippen LogP contribution is 2.35. The Labute approximate surface area is 102 Å². The fraction of sp³-hybridized carbons (Fsp3) is 0.538. The largest absolute Gasteiger partial charge is 0.496 e. The molecule has 1 aliphatic rings. The van der Waals surface area contributed by atoms with Crippen LogP contribution in [-0.4, -0.2) is 19.8 Å². The standard InChI is InChI=1S/C13H17ClO2/c1-15-13-7-3-2-6-11(13)12(14)9-10-5-4-8-16-10/h2-3,6-7,10,12H,4-5,8-9H2,1H3. The molecule has 1 saturated heterocycles. The lowest BCUT2D eigenvalue weighted by molar-refractivity contribution is 0.103. The summed E-state index contributed by atoms with van der Waals surface area (Å²) >= 11 is 6.41. The van der Waals surface area contributed by atoms with E-state index in [1.807, 2.05) is 24.3 Å². The van der Waals surface area contributed by atoms with Crippen LogP contribution in [0.15, 0.2) is 24.3 Å². The van der Waals surface area contributed by atoms with E-state index in [-0.39, 0.29) is 5.38 Å². The molecule has 0 bridgehead atoms. The monoisotopic (exact) mass is 240 g/mol. The number of benzene rings is 1. The average molecular weight is 241 g/mol. The highest BCUT2D eigenvalue weighted by atomic mass is 35.5. The highest BCUT2D eigenvalue weighted by Gasteiger charge is 2.22. The second-order valence-corrected chi connectivity index (χ2v) is 4.61. The quantitative estimate of drug-likeness (QED) is 0.750. The molecule has 0 amide bonds. The highest BCUT2D eigenvalue weighted by molar-refractivity contribution is 6.21. The van der Waals surface area contributed by atoms with Crippen LogP contribution in [0.2, 0.25) is 0 Å². The fourth-order valence-corrected chi connectivity index (χ4v) is 2.49. The van der Waals surface area contributed by atoms with Crippen molar-refractivity contribution in [1.82, 2.24) is 0 Å². The lowest BCUT2D eigenvalue weighted by Crippen LogP contribution is -2.08. The molecule has 1 fully saturated rings. The second-order valence-electron chi connectivity index (χ2n) is 4.08. The predicted molar refractivity (Wildman–Crippen MR) is 65.2 cm³/mol. The SMILES string of the molecule is COc1ccccc1C(Cl)CC1CCCO1. The van der Waals surface area contributed by atoms with Crippen molar-refractivity contribution < 1.29 is 9.47 Å². The van der Waals surface area contributed by atoms with Crippen LogP contribution in [0.5, 0.6) is 5.75 Å². The lowest BCUT2D eigenvalue weighted by atomic mass is 10.0. The fourth-order valence-electron chi connectivity index (χ4n) is 2.11. The summed E-state index contributed by atoms with van der Waals surface area (Å²) in [4.78, 5) is 0. The number of alkyl halides is 1. The zero-order chi connectivity index (χ0) is 11.4. The first-order valence-electron chi connectivity index (χ1n) is 5.70. The van der Waals surface area contributed by atoms with E-state index >= 15 is 0 Å². The second kappa shape index (κ2) is 5.55. The van der Waals surface area contributed by atoms with E-state index in [0.717, 1.165) is 37.2 Å². The summed E-state index contributed by atoms with van der Waals surface area (Å²) in [5.41, 5.74) is 1.06. The van der Waals surface area contributed by atoms with Crippen LogP contribution in [0.1, 0.15) is 30.2 Å². The van der Waals surface area contributed by atoms with Crippen LogP contribution in [0.4, 0.5) is 0 Å². The summed E-state index contributed by atoms with van der Waals surface area (Å²) in [7, 11) is 1.68. The van der Waals surface area contributed by atoms with Gasteiger partial charge < -0.3 is 9.47 Å². The van der Waals surface area contributed by atoms with Crippen molar-refractivity contribution in [2.75, 3.05) is 13.7 Å². The third-order valence-corrected chi connectivity index (χ3v) is 3.38. The molecule has 16 heavy (non-hydrogen) atoms. The van der Waals surface area contributed by atoms with Gasteiger partial charge in [0, 0.05) is 12.2 Å². The molecule has 3 heteroatoms. The van der Waals surface area contributed by atoms with Gasteiger partial charge in [-0.2, -0.15) is 0 Å². The van der Waals surface area contributed by atoms with E-state index in [4.69, 9.17) is 21.1 Å². The average Bonchev–Trinajstić information content (AvgIpc) is 2.81. The molecular weight excluding hydrogens is 224 g/mol. The minimum atomic E-state index is -0.0285. The first kappa shape index (κ1) is 11.7. The van der Waals surface area contributed by atoms with Gasteiger partial charge in [0.2, 0.25) is 0 Å². The maximum atomic E-state index is 6.41. The Morgan fingerprint density at radius 1 is 1.50 bits per heavy atom. The first-order valence-corrected chi connectivity index (χ1v) is 6.13. The topological polar surface area (TPSA) is 18.5 Å². The van der Waals surface area contributed by atoms with E-state index in [9.17, 15) is 0 Å². The van der Waals surface area contributed by atoms with E-state index in [0.29, 0.717) is 6.10 Å². The smallest absolute Gasteiger partial charge is 0.123 e. The van der Waals surface area contributed by atoms with Gasteiger partial charge in [0.25, 0.3) is 0 Å². The van der Waals surface area contributed by atoms with Gasteiger partial charge in [0.15, 0.2) is 0 Å². The van der Waals surface area contributed by atoms with E-state index < -0.39 is 0 Å². The minimum absolute atomic E-state index is 0.0285. The molecule has 2 nitrogen and oxygen atoms in total. The summed E-state index contributed by atoms with van der Waals surface area (Å²) in [6.07, 6.45) is 3.45. The number of halogens is 1. The Bertz CT molecular complexity index is 334. The lowest BCUT2D eigenvalue weighted by Gasteiger charge is -2.17. The number of hydrogen-bond donors (Lipinski definition) is 0. The molecule has 88 valence electrons. The predicted octanol–water partition coefficient (Wildman–Crippen LogP) is 3.54. The molecule has 0 spiro atoms. The molecule has 2 unspecified atom stereocenters. The van der Waals surface area contributed by atoms with Gasteiger partial charge in [0.1, 0.15) is 5.75 Å². The molecule has 2 rings (SSSR count). The van der Waals surface area contributed by atoms with E-state index in [2.05, 4.69) is 0 Å². The van der Waals surface area contributed by atoms with Crippen molar-refractivity contribution in [2.45, 2.75) is 30.7 Å². The maximum Gasteiger partial charge on any atom is 0.123 e. The van der Waals surface area contributed by atoms with E-state index in [1.165, 1.54) is 0 Å². The molecule has 2 atom stereocenters. The Morgan fingerprint density at radius 2 is 2.31 bits per heavy atom. The molecule has 1 aromatic carbocycles. The number of methoxy groups -OCH3 is 1. The molecule has 0 N–H and O–H groups in total. The van der Waals surface area contributed by atoms with Gasteiger partial charge in [-0.1, -0.05) is 18.2 Å². The Balaban J connectivity index is 2.04. The molecular formula is C13H17ClO2. The van der Waals surface area contributed by atoms with Crippen LogP contribution in [0, 0.1) is 0 Å². The summed E-state index contributed by atoms with van der Waals surface area (Å²) in [5.74, 6) is 0.862. The molecule has 0 saturated carbocycles. The summed E-state index contributed by atoms with van der Waals surface area (Å²) in [6, 6.07) is 7.91. The van der Waals surface area contributed by atoms with Crippen LogP contribution < -0.4 is 4.74 Å². The number of para-hydroxylation sites is 1. The van der Waals surface area contributed by atoms with Crippen LogP contribution in [0.25, 0.3) is 0 Å². The van der Waals surface area contributed by atoms with Gasteiger partial charge in [-0.25, -0.2) is 0 Å². The first-order chi connectivity index (χ1) is 7.81. The number of rotatable bonds is 4. The molecule has 0 radical (unpaired) electrons. The van der Waals surface area contributed by atoms with Gasteiger partial charge in [-0.15, -0.1) is 11.6 Å². The van der Waals surface area contributed by atoms with Crippen molar-refractivity contribution in [3.05, 3.63) is 29.8 Å². The van der Waals surface area contributed by atoms with Crippen molar-refractivity contribution in [2.24, 2.45) is 0 Å². The van der Waals surface area contributed by atoms with Crippen LogP contribution in [0.3, 0.4) is 0 Å². The van der Waals surface area contributed by atoms with Gasteiger partial charge >= 0.3 is 0 Å². The molecule has 1 aromatic rings. The Morgan fingerprint density at radius 3 is 3.00 bits per heavy atom. The third-order valence-electron chi connectivity index (χ3n) is 2.97. The van der Waals surface area contributed by atoms with Gasteiger partial charge in [-0.05, 0) is 25.3 Å². The molecule has 1 heterocycles. The van der Waals surface area contributed by atoms with Crippen molar-refractivity contribution in [3.63, 3.8) is 0 Å².